The van der Waals surface area contributed by atoms with E-state index >= 15 is 0 Å². The lowest BCUT2D eigenvalue weighted by Crippen LogP contribution is -2.44. The molecule has 1 amide bonds. The number of benzene rings is 2. The van der Waals surface area contributed by atoms with Crippen molar-refractivity contribution in [1.82, 2.24) is 9.62 Å². The highest BCUT2D eigenvalue weighted by Crippen LogP contribution is 2.28. The maximum absolute atomic E-state index is 13.4. The molecule has 0 atom stereocenters. The third-order valence-corrected chi connectivity index (χ3v) is 8.40. The van der Waals surface area contributed by atoms with E-state index in [0.717, 1.165) is 42.8 Å². The predicted molar refractivity (Wildman–Crippen MR) is 130 cm³/mol. The van der Waals surface area contributed by atoms with Gasteiger partial charge in [-0.15, -0.1) is 0 Å². The van der Waals surface area contributed by atoms with Crippen molar-refractivity contribution in [1.29, 1.82) is 0 Å². The van der Waals surface area contributed by atoms with Crippen molar-refractivity contribution in [3.63, 3.8) is 0 Å². The van der Waals surface area contributed by atoms with Gasteiger partial charge in [0.25, 0.3) is 0 Å². The second-order valence-corrected chi connectivity index (χ2v) is 11.2. The Labute approximate surface area is 205 Å². The average Bonchev–Trinajstić information content (AvgIpc) is 2.72. The quantitative estimate of drug-likeness (QED) is 0.485. The van der Waals surface area contributed by atoms with Crippen molar-refractivity contribution in [2.75, 3.05) is 6.54 Å². The fourth-order valence-electron chi connectivity index (χ4n) is 3.88. The molecule has 0 aromatic heterocycles. The first-order valence-electron chi connectivity index (χ1n) is 10.8. The number of hydrogen-bond acceptors (Lipinski definition) is 3. The molecule has 0 saturated heterocycles. The third kappa shape index (κ3) is 6.84. The van der Waals surface area contributed by atoms with Crippen molar-refractivity contribution in [3.8, 4) is 0 Å². The molecular formula is C23H27Cl3N2O3S. The standard InChI is InChI=1S/C23H27Cl3N2O3S/c24-17-11-13-19(14-12-17)32(30,31)28(15-20-21(25)9-6-10-22(20)26)16-23(29)27-18-7-4-2-1-3-5-8-18/h6,9-14,18H,1-5,7-8,15-16H2,(H,27,29). The molecule has 1 aliphatic carbocycles. The van der Waals surface area contributed by atoms with Crippen molar-refractivity contribution < 1.29 is 13.2 Å². The van der Waals surface area contributed by atoms with Gasteiger partial charge in [0.15, 0.2) is 0 Å². The second kappa shape index (κ2) is 11.7. The van der Waals surface area contributed by atoms with E-state index in [1.807, 2.05) is 0 Å². The molecule has 174 valence electrons. The smallest absolute Gasteiger partial charge is 0.243 e. The van der Waals surface area contributed by atoms with Gasteiger partial charge in [-0.3, -0.25) is 4.79 Å². The fourth-order valence-corrected chi connectivity index (χ4v) is 5.88. The van der Waals surface area contributed by atoms with E-state index in [2.05, 4.69) is 5.32 Å². The van der Waals surface area contributed by atoms with Crippen LogP contribution in [0.5, 0.6) is 0 Å². The Hall–Kier alpha value is -1.31. The molecule has 0 heterocycles. The molecule has 0 unspecified atom stereocenters. The van der Waals surface area contributed by atoms with E-state index < -0.39 is 10.0 Å². The predicted octanol–water partition coefficient (Wildman–Crippen LogP) is 6.07. The average molecular weight is 518 g/mol. The van der Waals surface area contributed by atoms with Crippen LogP contribution in [-0.2, 0) is 21.4 Å². The van der Waals surface area contributed by atoms with Crippen LogP contribution in [0.25, 0.3) is 0 Å². The maximum Gasteiger partial charge on any atom is 0.243 e. The van der Waals surface area contributed by atoms with Crippen LogP contribution in [-0.4, -0.2) is 31.2 Å². The number of sulfonamides is 1. The molecule has 0 aliphatic heterocycles. The number of hydrogen-bond donors (Lipinski definition) is 1. The van der Waals surface area contributed by atoms with E-state index in [-0.39, 0.29) is 29.9 Å². The largest absolute Gasteiger partial charge is 0.352 e. The Morgan fingerprint density at radius 1 is 0.906 bits per heavy atom. The van der Waals surface area contributed by atoms with Gasteiger partial charge in [0.1, 0.15) is 0 Å². The minimum absolute atomic E-state index is 0.0452. The molecular weight excluding hydrogens is 491 g/mol. The van der Waals surface area contributed by atoms with Crippen molar-refractivity contribution in [3.05, 3.63) is 63.1 Å². The normalized spacial score (nSPS) is 15.9. The summed E-state index contributed by atoms with van der Waals surface area (Å²) in [5, 5.41) is 4.14. The van der Waals surface area contributed by atoms with Gasteiger partial charge in [-0.1, -0.05) is 73.0 Å². The number of nitrogens with one attached hydrogen (secondary N) is 1. The monoisotopic (exact) mass is 516 g/mol. The van der Waals surface area contributed by atoms with Gasteiger partial charge in [-0.25, -0.2) is 8.42 Å². The Morgan fingerprint density at radius 3 is 2.06 bits per heavy atom. The lowest BCUT2D eigenvalue weighted by molar-refractivity contribution is -0.122. The van der Waals surface area contributed by atoms with Crippen LogP contribution in [0.15, 0.2) is 47.4 Å². The topological polar surface area (TPSA) is 66.5 Å². The Kier molecular flexibility index (Phi) is 9.26. The van der Waals surface area contributed by atoms with Crippen LogP contribution >= 0.6 is 34.8 Å². The number of carbonyl (C=O) groups is 1. The molecule has 1 aliphatic rings. The summed E-state index contributed by atoms with van der Waals surface area (Å²) in [4.78, 5) is 13.0. The number of amides is 1. The van der Waals surface area contributed by atoms with Crippen LogP contribution in [0.4, 0.5) is 0 Å². The first-order chi connectivity index (χ1) is 15.3. The maximum atomic E-state index is 13.4. The molecule has 1 saturated carbocycles. The number of carbonyl (C=O) groups excluding carboxylic acids is 1. The van der Waals surface area contributed by atoms with Gasteiger partial charge >= 0.3 is 0 Å². The van der Waals surface area contributed by atoms with E-state index in [1.54, 1.807) is 18.2 Å². The summed E-state index contributed by atoms with van der Waals surface area (Å²) in [5.74, 6) is -0.337. The molecule has 1 fully saturated rings. The molecule has 5 nitrogen and oxygen atoms in total. The van der Waals surface area contributed by atoms with Crippen molar-refractivity contribution in [2.24, 2.45) is 0 Å². The summed E-state index contributed by atoms with van der Waals surface area (Å²) in [5.41, 5.74) is 0.451. The minimum Gasteiger partial charge on any atom is -0.352 e. The Bertz CT molecular complexity index is 1000. The first kappa shape index (κ1) is 25.3. The minimum atomic E-state index is -4.00. The van der Waals surface area contributed by atoms with Gasteiger partial charge < -0.3 is 5.32 Å². The van der Waals surface area contributed by atoms with Gasteiger partial charge in [-0.2, -0.15) is 4.31 Å². The van der Waals surface area contributed by atoms with E-state index in [0.29, 0.717) is 20.6 Å². The van der Waals surface area contributed by atoms with Crippen LogP contribution in [0.3, 0.4) is 0 Å². The summed E-state index contributed by atoms with van der Waals surface area (Å²) in [6, 6.07) is 10.9. The molecule has 32 heavy (non-hydrogen) atoms. The van der Waals surface area contributed by atoms with Crippen LogP contribution in [0.2, 0.25) is 15.1 Å². The first-order valence-corrected chi connectivity index (χ1v) is 13.3. The van der Waals surface area contributed by atoms with Crippen LogP contribution in [0, 0.1) is 0 Å². The summed E-state index contributed by atoms with van der Waals surface area (Å²) >= 11 is 18.5. The molecule has 0 bridgehead atoms. The molecule has 0 spiro atoms. The van der Waals surface area contributed by atoms with Gasteiger partial charge in [0.05, 0.1) is 11.4 Å². The number of rotatable bonds is 7. The summed E-state index contributed by atoms with van der Waals surface area (Å²) in [7, 11) is -4.00. The van der Waals surface area contributed by atoms with Gasteiger partial charge in [0.2, 0.25) is 15.9 Å². The van der Waals surface area contributed by atoms with E-state index in [1.165, 1.54) is 30.7 Å². The Balaban J connectivity index is 1.84. The zero-order valence-corrected chi connectivity index (χ0v) is 20.8. The molecule has 0 radical (unpaired) electrons. The summed E-state index contributed by atoms with van der Waals surface area (Å²) in [6.45, 7) is -0.454. The van der Waals surface area contributed by atoms with Gasteiger partial charge in [-0.05, 0) is 49.2 Å². The zero-order chi connectivity index (χ0) is 23.1. The fraction of sp³-hybridized carbons (Fsp3) is 0.435. The van der Waals surface area contributed by atoms with Crippen molar-refractivity contribution >= 4 is 50.7 Å². The molecule has 9 heteroatoms. The SMILES string of the molecule is O=C(CN(Cc1c(Cl)cccc1Cl)S(=O)(=O)c1ccc(Cl)cc1)NC1CCCCCCC1. The molecule has 2 aromatic rings. The number of halogens is 3. The highest BCUT2D eigenvalue weighted by atomic mass is 35.5. The molecule has 3 rings (SSSR count). The lowest BCUT2D eigenvalue weighted by atomic mass is 9.97. The zero-order valence-electron chi connectivity index (χ0n) is 17.7. The summed E-state index contributed by atoms with van der Waals surface area (Å²) in [6.07, 6.45) is 7.49. The second-order valence-electron chi connectivity index (χ2n) is 8.04. The highest BCUT2D eigenvalue weighted by molar-refractivity contribution is 7.89. The summed E-state index contributed by atoms with van der Waals surface area (Å²) < 4.78 is 27.9. The molecule has 1 N–H and O–H groups in total. The molecule has 2 aromatic carbocycles. The van der Waals surface area contributed by atoms with Crippen molar-refractivity contribution in [2.45, 2.75) is 62.4 Å². The van der Waals surface area contributed by atoms with Crippen LogP contribution in [0.1, 0.15) is 50.5 Å². The Morgan fingerprint density at radius 2 is 1.47 bits per heavy atom. The third-order valence-electron chi connectivity index (χ3n) is 5.64. The van der Waals surface area contributed by atoms with E-state index in [4.69, 9.17) is 34.8 Å². The van der Waals surface area contributed by atoms with Crippen LogP contribution < -0.4 is 5.32 Å². The lowest BCUT2D eigenvalue weighted by Gasteiger charge is -2.25. The highest BCUT2D eigenvalue weighted by Gasteiger charge is 2.29. The number of nitrogens with zero attached hydrogens (tertiary/aromatic N) is 1. The van der Waals surface area contributed by atoms with Gasteiger partial charge in [0, 0.05) is 33.2 Å². The van der Waals surface area contributed by atoms with E-state index in [9.17, 15) is 13.2 Å².